The van der Waals surface area contributed by atoms with E-state index in [9.17, 15) is 0 Å². The number of nitrogens with two attached hydrogens (primary N) is 1. The summed E-state index contributed by atoms with van der Waals surface area (Å²) in [5.74, 6) is 0.722. The Bertz CT molecular complexity index is 155. The summed E-state index contributed by atoms with van der Waals surface area (Å²) in [7, 11) is 0. The highest BCUT2D eigenvalue weighted by molar-refractivity contribution is 5.09. The van der Waals surface area contributed by atoms with Crippen molar-refractivity contribution in [2.45, 2.75) is 26.8 Å². The Hall–Kier alpha value is -0.700. The minimum atomic E-state index is 0.230. The average molecular weight is 141 g/mol. The molecule has 1 aliphatic heterocycles. The quantitative estimate of drug-likeness (QED) is 0.455. The first kappa shape index (κ1) is 7.41. The van der Waals surface area contributed by atoms with Crippen molar-refractivity contribution in [1.29, 1.82) is 0 Å². The molecule has 58 valence electrons. The Balaban J connectivity index is 2.61. The molecule has 0 aromatic rings. The van der Waals surface area contributed by atoms with Crippen LogP contribution in [0.15, 0.2) is 11.9 Å². The van der Waals surface area contributed by atoms with Gasteiger partial charge in [0.2, 0.25) is 0 Å². The minimum Gasteiger partial charge on any atom is -0.385 e. The van der Waals surface area contributed by atoms with Crippen LogP contribution in [0.4, 0.5) is 0 Å². The van der Waals surface area contributed by atoms with Crippen molar-refractivity contribution in [3.63, 3.8) is 0 Å². The second-order valence-corrected chi connectivity index (χ2v) is 3.74. The SMILES string of the molecule is CC(C)(C)[C@H]1C=C(N)NN1. The highest BCUT2D eigenvalue weighted by atomic mass is 15.4. The van der Waals surface area contributed by atoms with Crippen molar-refractivity contribution in [2.24, 2.45) is 11.1 Å². The Morgan fingerprint density at radius 2 is 2.10 bits per heavy atom. The van der Waals surface area contributed by atoms with E-state index in [0.717, 1.165) is 5.82 Å². The van der Waals surface area contributed by atoms with E-state index in [4.69, 9.17) is 5.73 Å². The van der Waals surface area contributed by atoms with E-state index < -0.39 is 0 Å². The summed E-state index contributed by atoms with van der Waals surface area (Å²) in [6.45, 7) is 6.50. The lowest BCUT2D eigenvalue weighted by atomic mass is 9.87. The molecule has 1 heterocycles. The number of rotatable bonds is 0. The lowest BCUT2D eigenvalue weighted by Gasteiger charge is -2.24. The highest BCUT2D eigenvalue weighted by Crippen LogP contribution is 2.21. The number of hydrogen-bond acceptors (Lipinski definition) is 3. The van der Waals surface area contributed by atoms with Crippen molar-refractivity contribution in [1.82, 2.24) is 10.9 Å². The van der Waals surface area contributed by atoms with Gasteiger partial charge < -0.3 is 11.2 Å². The lowest BCUT2D eigenvalue weighted by molar-refractivity contribution is 0.314. The van der Waals surface area contributed by atoms with Gasteiger partial charge >= 0.3 is 0 Å². The summed E-state index contributed by atoms with van der Waals surface area (Å²) in [5.41, 5.74) is 11.7. The number of nitrogens with one attached hydrogen (secondary N) is 2. The van der Waals surface area contributed by atoms with Crippen molar-refractivity contribution < 1.29 is 0 Å². The fourth-order valence-corrected chi connectivity index (χ4v) is 0.890. The van der Waals surface area contributed by atoms with Crippen LogP contribution >= 0.6 is 0 Å². The van der Waals surface area contributed by atoms with Crippen LogP contribution in [0.1, 0.15) is 20.8 Å². The molecule has 1 atom stereocenters. The molecule has 0 bridgehead atoms. The third kappa shape index (κ3) is 1.42. The monoisotopic (exact) mass is 141 g/mol. The van der Waals surface area contributed by atoms with Gasteiger partial charge in [0.05, 0.1) is 6.04 Å². The smallest absolute Gasteiger partial charge is 0.108 e. The molecule has 10 heavy (non-hydrogen) atoms. The van der Waals surface area contributed by atoms with Gasteiger partial charge in [-0.1, -0.05) is 20.8 Å². The molecular formula is C7H15N3. The van der Waals surface area contributed by atoms with Gasteiger partial charge in [0.1, 0.15) is 5.82 Å². The number of hydrazine groups is 1. The van der Waals surface area contributed by atoms with Crippen LogP contribution in [-0.2, 0) is 0 Å². The van der Waals surface area contributed by atoms with E-state index in [-0.39, 0.29) is 5.41 Å². The molecule has 1 aliphatic rings. The standard InChI is InChI=1S/C7H15N3/c1-7(2,3)5-4-6(8)10-9-5/h4-5,9-10H,8H2,1-3H3/t5-/m1/s1. The van der Waals surface area contributed by atoms with Crippen LogP contribution in [0.3, 0.4) is 0 Å². The van der Waals surface area contributed by atoms with Crippen molar-refractivity contribution >= 4 is 0 Å². The van der Waals surface area contributed by atoms with Crippen LogP contribution < -0.4 is 16.6 Å². The molecule has 0 spiro atoms. The normalized spacial score (nSPS) is 25.9. The molecule has 1 rings (SSSR count). The lowest BCUT2D eigenvalue weighted by Crippen LogP contribution is -2.40. The van der Waals surface area contributed by atoms with Gasteiger partial charge in [-0.05, 0) is 11.5 Å². The molecule has 0 amide bonds. The van der Waals surface area contributed by atoms with Crippen molar-refractivity contribution in [2.75, 3.05) is 0 Å². The van der Waals surface area contributed by atoms with Crippen LogP contribution in [0, 0.1) is 5.41 Å². The Kier molecular flexibility index (Phi) is 1.60. The van der Waals surface area contributed by atoms with E-state index in [1.807, 2.05) is 6.08 Å². The first-order valence-corrected chi connectivity index (χ1v) is 3.49. The maximum Gasteiger partial charge on any atom is 0.108 e. The van der Waals surface area contributed by atoms with E-state index in [0.29, 0.717) is 6.04 Å². The van der Waals surface area contributed by atoms with Gasteiger partial charge in [-0.2, -0.15) is 0 Å². The minimum absolute atomic E-state index is 0.230. The van der Waals surface area contributed by atoms with Gasteiger partial charge in [-0.3, -0.25) is 0 Å². The first-order chi connectivity index (χ1) is 4.50. The molecule has 3 heteroatoms. The average Bonchev–Trinajstić information content (AvgIpc) is 2.11. The third-order valence-corrected chi connectivity index (χ3v) is 1.65. The molecule has 0 radical (unpaired) electrons. The summed E-state index contributed by atoms with van der Waals surface area (Å²) in [5, 5.41) is 0. The molecule has 4 N–H and O–H groups in total. The fraction of sp³-hybridized carbons (Fsp3) is 0.714. The third-order valence-electron chi connectivity index (χ3n) is 1.65. The van der Waals surface area contributed by atoms with E-state index in [2.05, 4.69) is 31.6 Å². The Morgan fingerprint density at radius 1 is 1.50 bits per heavy atom. The molecule has 0 aromatic heterocycles. The van der Waals surface area contributed by atoms with Gasteiger partial charge in [-0.25, -0.2) is 5.43 Å². The second kappa shape index (κ2) is 2.16. The Morgan fingerprint density at radius 3 is 2.30 bits per heavy atom. The van der Waals surface area contributed by atoms with Crippen LogP contribution in [0.25, 0.3) is 0 Å². The summed E-state index contributed by atoms with van der Waals surface area (Å²) in [6.07, 6.45) is 2.00. The summed E-state index contributed by atoms with van der Waals surface area (Å²) >= 11 is 0. The predicted molar refractivity (Wildman–Crippen MR) is 41.8 cm³/mol. The molecule has 0 saturated carbocycles. The largest absolute Gasteiger partial charge is 0.385 e. The maximum absolute atomic E-state index is 5.51. The van der Waals surface area contributed by atoms with Crippen LogP contribution in [-0.4, -0.2) is 6.04 Å². The van der Waals surface area contributed by atoms with Gasteiger partial charge in [0.15, 0.2) is 0 Å². The van der Waals surface area contributed by atoms with Crippen molar-refractivity contribution in [3.8, 4) is 0 Å². The Labute approximate surface area is 61.6 Å². The first-order valence-electron chi connectivity index (χ1n) is 3.49. The van der Waals surface area contributed by atoms with Gasteiger partial charge in [-0.15, -0.1) is 0 Å². The van der Waals surface area contributed by atoms with Gasteiger partial charge in [0, 0.05) is 0 Å². The van der Waals surface area contributed by atoms with Gasteiger partial charge in [0.25, 0.3) is 0 Å². The molecule has 0 fully saturated rings. The zero-order valence-corrected chi connectivity index (χ0v) is 6.73. The van der Waals surface area contributed by atoms with Crippen LogP contribution in [0.2, 0.25) is 0 Å². The fourth-order valence-electron chi connectivity index (χ4n) is 0.890. The molecule has 0 aromatic carbocycles. The van der Waals surface area contributed by atoms with E-state index >= 15 is 0 Å². The van der Waals surface area contributed by atoms with E-state index in [1.165, 1.54) is 0 Å². The molecule has 0 unspecified atom stereocenters. The second-order valence-electron chi connectivity index (χ2n) is 3.74. The summed E-state index contributed by atoms with van der Waals surface area (Å²) < 4.78 is 0. The predicted octanol–water partition coefficient (Wildman–Crippen LogP) is 0.309. The zero-order chi connectivity index (χ0) is 7.78. The molecule has 0 saturated heterocycles. The maximum atomic E-state index is 5.51. The van der Waals surface area contributed by atoms with Crippen LogP contribution in [0.5, 0.6) is 0 Å². The van der Waals surface area contributed by atoms with E-state index in [1.54, 1.807) is 0 Å². The molecule has 3 nitrogen and oxygen atoms in total. The van der Waals surface area contributed by atoms with Crippen molar-refractivity contribution in [3.05, 3.63) is 11.9 Å². The zero-order valence-electron chi connectivity index (χ0n) is 6.73. The topological polar surface area (TPSA) is 50.1 Å². The summed E-state index contributed by atoms with van der Waals surface area (Å²) in [4.78, 5) is 0. The summed E-state index contributed by atoms with van der Waals surface area (Å²) in [6, 6.07) is 0.340. The number of hydrogen-bond donors (Lipinski definition) is 3. The highest BCUT2D eigenvalue weighted by Gasteiger charge is 2.25. The molecular weight excluding hydrogens is 126 g/mol. The molecule has 0 aliphatic carbocycles.